The number of ether oxygens (including phenoxy) is 4. The van der Waals surface area contributed by atoms with E-state index in [9.17, 15) is 9.18 Å². The molecule has 0 unspecified atom stereocenters. The summed E-state index contributed by atoms with van der Waals surface area (Å²) >= 11 is 0. The van der Waals surface area contributed by atoms with Gasteiger partial charge in [-0.1, -0.05) is 18.2 Å². The highest BCUT2D eigenvalue weighted by Crippen LogP contribution is 2.32. The van der Waals surface area contributed by atoms with Gasteiger partial charge in [-0.3, -0.25) is 10.1 Å². The number of benzene rings is 2. The van der Waals surface area contributed by atoms with Crippen molar-refractivity contribution >= 4 is 11.9 Å². The maximum Gasteiger partial charge on any atom is 0.292 e. The van der Waals surface area contributed by atoms with Crippen LogP contribution in [0, 0.1) is 5.82 Å². The number of amides is 1. The summed E-state index contributed by atoms with van der Waals surface area (Å²) < 4.78 is 35.2. The number of aliphatic imine (C=N–C) groups is 1. The Balaban J connectivity index is 1.69. The molecule has 0 saturated carbocycles. The maximum atomic E-state index is 13.8. The van der Waals surface area contributed by atoms with Gasteiger partial charge in [0.15, 0.2) is 11.5 Å². The molecule has 0 saturated heterocycles. The summed E-state index contributed by atoms with van der Waals surface area (Å²) in [5.74, 6) is 0.0547. The predicted molar refractivity (Wildman–Crippen MR) is 100 cm³/mol. The molecule has 0 fully saturated rings. The van der Waals surface area contributed by atoms with Crippen LogP contribution in [0.3, 0.4) is 0 Å². The van der Waals surface area contributed by atoms with Crippen LogP contribution in [0.2, 0.25) is 0 Å². The molecule has 0 aromatic heterocycles. The summed E-state index contributed by atoms with van der Waals surface area (Å²) in [6.07, 6.45) is 0. The zero-order valence-corrected chi connectivity index (χ0v) is 15.4. The number of nitrogens with zero attached hydrogens (tertiary/aromatic N) is 1. The summed E-state index contributed by atoms with van der Waals surface area (Å²) in [6, 6.07) is 11.1. The van der Waals surface area contributed by atoms with Gasteiger partial charge in [0.05, 0.1) is 18.7 Å². The van der Waals surface area contributed by atoms with Gasteiger partial charge in [-0.25, -0.2) is 9.38 Å². The summed E-state index contributed by atoms with van der Waals surface area (Å²) in [6.45, 7) is 3.38. The van der Waals surface area contributed by atoms with Gasteiger partial charge in [-0.05, 0) is 36.8 Å². The van der Waals surface area contributed by atoms with E-state index in [0.717, 1.165) is 5.56 Å². The van der Waals surface area contributed by atoms with Crippen molar-refractivity contribution in [3.8, 4) is 11.5 Å². The highest BCUT2D eigenvalue weighted by Gasteiger charge is 2.15. The lowest BCUT2D eigenvalue weighted by atomic mass is 10.2. The smallest absolute Gasteiger partial charge is 0.292 e. The number of fused-ring (bicyclic) bond motifs is 1. The van der Waals surface area contributed by atoms with E-state index in [4.69, 9.17) is 18.9 Å². The maximum absolute atomic E-state index is 13.8. The van der Waals surface area contributed by atoms with Gasteiger partial charge in [0.25, 0.3) is 11.9 Å². The van der Waals surface area contributed by atoms with Gasteiger partial charge in [-0.2, -0.15) is 0 Å². The lowest BCUT2D eigenvalue weighted by Gasteiger charge is -2.11. The molecule has 8 heteroatoms. The third kappa shape index (κ3) is 5.20. The molecule has 148 valence electrons. The minimum Gasteiger partial charge on any atom is -0.463 e. The van der Waals surface area contributed by atoms with Crippen molar-refractivity contribution in [1.29, 1.82) is 0 Å². The van der Waals surface area contributed by atoms with Crippen LogP contribution in [0.25, 0.3) is 0 Å². The van der Waals surface area contributed by atoms with Crippen LogP contribution in [0.5, 0.6) is 11.5 Å². The van der Waals surface area contributed by atoms with Crippen molar-refractivity contribution in [3.63, 3.8) is 0 Å². The fourth-order valence-electron chi connectivity index (χ4n) is 2.48. The zero-order chi connectivity index (χ0) is 19.8. The van der Waals surface area contributed by atoms with E-state index < -0.39 is 11.7 Å². The molecule has 2 aromatic carbocycles. The standard InChI is InChI=1S/C20H21FN2O5/c1-2-25-9-10-26-20(23-19(24)15-5-3-4-6-16(15)21)22-12-14-7-8-17-18(11-14)28-13-27-17/h3-8,11H,2,9-10,12-13H2,1H3,(H,22,23,24). The first kappa shape index (κ1) is 19.6. The fraction of sp³-hybridized carbons (Fsp3) is 0.300. The Morgan fingerprint density at radius 1 is 1.18 bits per heavy atom. The molecular formula is C20H21FN2O5. The number of halogens is 1. The Morgan fingerprint density at radius 3 is 2.82 bits per heavy atom. The van der Waals surface area contributed by atoms with Gasteiger partial charge >= 0.3 is 0 Å². The first-order valence-electron chi connectivity index (χ1n) is 8.86. The van der Waals surface area contributed by atoms with Crippen LogP contribution in [-0.4, -0.2) is 38.5 Å². The minimum absolute atomic E-state index is 0.00868. The Kier molecular flexibility index (Phi) is 6.80. The predicted octanol–water partition coefficient (Wildman–Crippen LogP) is 2.89. The van der Waals surface area contributed by atoms with Gasteiger partial charge in [-0.15, -0.1) is 0 Å². The first-order valence-corrected chi connectivity index (χ1v) is 8.86. The lowest BCUT2D eigenvalue weighted by Crippen LogP contribution is -2.34. The Bertz CT molecular complexity index is 856. The highest BCUT2D eigenvalue weighted by atomic mass is 19.1. The van der Waals surface area contributed by atoms with Gasteiger partial charge in [0.2, 0.25) is 6.79 Å². The van der Waals surface area contributed by atoms with E-state index in [1.54, 1.807) is 12.1 Å². The van der Waals surface area contributed by atoms with Crippen LogP contribution in [0.4, 0.5) is 4.39 Å². The van der Waals surface area contributed by atoms with E-state index in [0.29, 0.717) is 24.7 Å². The molecule has 7 nitrogen and oxygen atoms in total. The number of nitrogens with one attached hydrogen (secondary N) is 1. The van der Waals surface area contributed by atoms with Gasteiger partial charge in [0.1, 0.15) is 12.4 Å². The normalized spacial score (nSPS) is 12.7. The average Bonchev–Trinajstić information content (AvgIpc) is 3.17. The monoisotopic (exact) mass is 388 g/mol. The molecule has 1 heterocycles. The summed E-state index contributed by atoms with van der Waals surface area (Å²) in [4.78, 5) is 16.7. The van der Waals surface area contributed by atoms with Crippen LogP contribution < -0.4 is 14.8 Å². The topological polar surface area (TPSA) is 78.4 Å². The Hall–Kier alpha value is -3.13. The molecule has 3 rings (SSSR count). The van der Waals surface area contributed by atoms with Crippen LogP contribution in [0.15, 0.2) is 47.5 Å². The molecule has 1 aliphatic rings. The lowest BCUT2D eigenvalue weighted by molar-refractivity contribution is 0.0919. The van der Waals surface area contributed by atoms with E-state index in [1.165, 1.54) is 18.2 Å². The number of hydrogen-bond donors (Lipinski definition) is 1. The second-order valence-corrected chi connectivity index (χ2v) is 5.79. The molecule has 0 atom stereocenters. The average molecular weight is 388 g/mol. The molecule has 2 aromatic rings. The molecule has 0 aliphatic carbocycles. The fourth-order valence-corrected chi connectivity index (χ4v) is 2.48. The van der Waals surface area contributed by atoms with Crippen LogP contribution >= 0.6 is 0 Å². The Morgan fingerprint density at radius 2 is 2.00 bits per heavy atom. The SMILES string of the molecule is CCOCCOC(=NCc1ccc2c(c1)OCO2)NC(=O)c1ccccc1F. The molecule has 28 heavy (non-hydrogen) atoms. The van der Waals surface area contributed by atoms with Crippen molar-refractivity contribution < 1.29 is 28.1 Å². The van der Waals surface area contributed by atoms with E-state index in [-0.39, 0.29) is 31.5 Å². The van der Waals surface area contributed by atoms with E-state index in [1.807, 2.05) is 19.1 Å². The second kappa shape index (κ2) is 9.70. The van der Waals surface area contributed by atoms with Crippen molar-refractivity contribution in [2.45, 2.75) is 13.5 Å². The third-order valence-electron chi connectivity index (χ3n) is 3.85. The van der Waals surface area contributed by atoms with Crippen molar-refractivity contribution in [1.82, 2.24) is 5.32 Å². The number of carbonyl (C=O) groups is 1. The van der Waals surface area contributed by atoms with Crippen molar-refractivity contribution in [3.05, 3.63) is 59.4 Å². The summed E-state index contributed by atoms with van der Waals surface area (Å²) in [5, 5.41) is 2.51. The molecule has 0 spiro atoms. The van der Waals surface area contributed by atoms with Gasteiger partial charge in [0, 0.05) is 6.61 Å². The molecule has 1 N–H and O–H groups in total. The summed E-state index contributed by atoms with van der Waals surface area (Å²) in [5.41, 5.74) is 0.752. The molecular weight excluding hydrogens is 367 g/mol. The van der Waals surface area contributed by atoms with Crippen LogP contribution in [-0.2, 0) is 16.0 Å². The summed E-state index contributed by atoms with van der Waals surface area (Å²) in [7, 11) is 0. The highest BCUT2D eigenvalue weighted by molar-refractivity contribution is 6.04. The van der Waals surface area contributed by atoms with Crippen molar-refractivity contribution in [2.24, 2.45) is 4.99 Å². The van der Waals surface area contributed by atoms with E-state index >= 15 is 0 Å². The first-order chi connectivity index (χ1) is 13.7. The number of rotatable bonds is 7. The van der Waals surface area contributed by atoms with Gasteiger partial charge < -0.3 is 18.9 Å². The number of carbonyl (C=O) groups excluding carboxylic acids is 1. The number of hydrogen-bond acceptors (Lipinski definition) is 6. The quantitative estimate of drug-likeness (QED) is 0.448. The zero-order valence-electron chi connectivity index (χ0n) is 15.4. The van der Waals surface area contributed by atoms with E-state index in [2.05, 4.69) is 10.3 Å². The van der Waals surface area contributed by atoms with Crippen molar-refractivity contribution in [2.75, 3.05) is 26.6 Å². The second-order valence-electron chi connectivity index (χ2n) is 5.79. The third-order valence-corrected chi connectivity index (χ3v) is 3.85. The van der Waals surface area contributed by atoms with Crippen LogP contribution in [0.1, 0.15) is 22.8 Å². The largest absolute Gasteiger partial charge is 0.463 e. The minimum atomic E-state index is -0.640. The molecule has 0 bridgehead atoms. The Labute approximate surface area is 162 Å². The molecule has 1 amide bonds. The molecule has 1 aliphatic heterocycles. The molecule has 0 radical (unpaired) electrons. The number of amidine groups is 1.